The van der Waals surface area contributed by atoms with Crippen LogP contribution in [0.15, 0.2) is 39.8 Å². The van der Waals surface area contributed by atoms with Crippen molar-refractivity contribution in [1.82, 2.24) is 15.1 Å². The smallest absolute Gasteiger partial charge is 0.234 e. The van der Waals surface area contributed by atoms with Crippen molar-refractivity contribution in [3.8, 4) is 11.8 Å². The number of para-hydroxylation sites is 1. The molecule has 1 aromatic heterocycles. The Kier molecular flexibility index (Phi) is 7.09. The SMILES string of the molecule is Cc1nn(-c2ccccc2)c(SC(CC(C)C)C(=O)NCC#N)c1Br. The molecule has 0 saturated heterocycles. The summed E-state index contributed by atoms with van der Waals surface area (Å²) in [6.07, 6.45) is 0.716. The Morgan fingerprint density at radius 1 is 1.40 bits per heavy atom. The van der Waals surface area contributed by atoms with Gasteiger partial charge in [-0.1, -0.05) is 43.8 Å². The first kappa shape index (κ1) is 19.5. The van der Waals surface area contributed by atoms with E-state index >= 15 is 0 Å². The largest absolute Gasteiger partial charge is 0.342 e. The third kappa shape index (κ3) is 5.10. The van der Waals surface area contributed by atoms with Crippen LogP contribution in [0.1, 0.15) is 26.0 Å². The molecule has 1 aromatic carbocycles. The Morgan fingerprint density at radius 2 is 2.08 bits per heavy atom. The van der Waals surface area contributed by atoms with E-state index in [0.717, 1.165) is 20.9 Å². The van der Waals surface area contributed by atoms with Crippen LogP contribution < -0.4 is 5.32 Å². The molecule has 0 aliphatic heterocycles. The minimum atomic E-state index is -0.289. The molecule has 2 rings (SSSR count). The minimum Gasteiger partial charge on any atom is -0.342 e. The van der Waals surface area contributed by atoms with Gasteiger partial charge in [-0.3, -0.25) is 4.79 Å². The van der Waals surface area contributed by atoms with Crippen LogP contribution in [-0.4, -0.2) is 27.5 Å². The number of aryl methyl sites for hydroxylation is 1. The second-order valence-corrected chi connectivity index (χ2v) is 8.05. The third-order valence-electron chi connectivity index (χ3n) is 3.52. The fraction of sp³-hybridized carbons (Fsp3) is 0.389. The van der Waals surface area contributed by atoms with Gasteiger partial charge in [0.15, 0.2) is 0 Å². The lowest BCUT2D eigenvalue weighted by Crippen LogP contribution is -2.34. The van der Waals surface area contributed by atoms with E-state index in [4.69, 9.17) is 5.26 Å². The average molecular weight is 421 g/mol. The van der Waals surface area contributed by atoms with E-state index < -0.39 is 0 Å². The Morgan fingerprint density at radius 3 is 2.68 bits per heavy atom. The van der Waals surface area contributed by atoms with Gasteiger partial charge in [0, 0.05) is 0 Å². The Labute approximate surface area is 160 Å². The summed E-state index contributed by atoms with van der Waals surface area (Å²) in [6.45, 7) is 6.12. The van der Waals surface area contributed by atoms with E-state index in [1.165, 1.54) is 11.8 Å². The van der Waals surface area contributed by atoms with E-state index in [2.05, 4.69) is 40.2 Å². The predicted molar refractivity (Wildman–Crippen MR) is 104 cm³/mol. The molecule has 0 radical (unpaired) electrons. The molecule has 0 aliphatic carbocycles. The first-order valence-electron chi connectivity index (χ1n) is 8.06. The standard InChI is InChI=1S/C18H21BrN4OS/c1-12(2)11-15(17(24)21-10-9-20)25-18-16(19)13(3)22-23(18)14-7-5-4-6-8-14/h4-8,12,15H,10-11H2,1-3H3,(H,21,24). The van der Waals surface area contributed by atoms with Crippen LogP contribution in [0, 0.1) is 24.2 Å². The molecule has 0 fully saturated rings. The Hall–Kier alpha value is -1.78. The van der Waals surface area contributed by atoms with E-state index in [-0.39, 0.29) is 17.7 Å². The van der Waals surface area contributed by atoms with Gasteiger partial charge in [-0.15, -0.1) is 0 Å². The summed E-state index contributed by atoms with van der Waals surface area (Å²) in [4.78, 5) is 12.5. The number of carbonyl (C=O) groups is 1. The number of carbonyl (C=O) groups excluding carboxylic acids is 1. The number of rotatable bonds is 7. The molecule has 25 heavy (non-hydrogen) atoms. The highest BCUT2D eigenvalue weighted by atomic mass is 79.9. The van der Waals surface area contributed by atoms with Crippen LogP contribution in [0.3, 0.4) is 0 Å². The molecule has 1 atom stereocenters. The quantitative estimate of drug-likeness (QED) is 0.540. The van der Waals surface area contributed by atoms with E-state index in [9.17, 15) is 4.79 Å². The summed E-state index contributed by atoms with van der Waals surface area (Å²) < 4.78 is 2.75. The summed E-state index contributed by atoms with van der Waals surface area (Å²) in [5.41, 5.74) is 1.81. The second kappa shape index (κ2) is 9.07. The molecule has 1 heterocycles. The second-order valence-electron chi connectivity index (χ2n) is 6.06. The highest BCUT2D eigenvalue weighted by Crippen LogP contribution is 2.36. The van der Waals surface area contributed by atoms with Crippen LogP contribution in [0.25, 0.3) is 5.69 Å². The average Bonchev–Trinajstić information content (AvgIpc) is 2.87. The zero-order chi connectivity index (χ0) is 18.4. The van der Waals surface area contributed by atoms with Crippen LogP contribution >= 0.6 is 27.7 Å². The maximum Gasteiger partial charge on any atom is 0.234 e. The van der Waals surface area contributed by atoms with Crippen LogP contribution in [0.2, 0.25) is 0 Å². The third-order valence-corrected chi connectivity index (χ3v) is 6.03. The summed E-state index contributed by atoms with van der Waals surface area (Å²) in [7, 11) is 0. The normalized spacial score (nSPS) is 12.0. The Bertz CT molecular complexity index is 767. The lowest BCUT2D eigenvalue weighted by atomic mass is 10.1. The maximum absolute atomic E-state index is 12.5. The summed E-state index contributed by atoms with van der Waals surface area (Å²) in [6, 6.07) is 11.8. The topological polar surface area (TPSA) is 70.7 Å². The fourth-order valence-corrected chi connectivity index (χ4v) is 4.31. The minimum absolute atomic E-state index is 0.0200. The van der Waals surface area contributed by atoms with Gasteiger partial charge in [-0.25, -0.2) is 4.68 Å². The molecule has 0 aliphatic rings. The van der Waals surface area contributed by atoms with Gasteiger partial charge in [0.1, 0.15) is 11.6 Å². The number of nitrogens with one attached hydrogen (secondary N) is 1. The molecule has 2 aromatic rings. The summed E-state index contributed by atoms with van der Waals surface area (Å²) >= 11 is 5.08. The number of halogens is 1. The van der Waals surface area contributed by atoms with Gasteiger partial charge >= 0.3 is 0 Å². The van der Waals surface area contributed by atoms with Gasteiger partial charge in [0.05, 0.1) is 27.2 Å². The Balaban J connectivity index is 2.35. The zero-order valence-corrected chi connectivity index (χ0v) is 16.9. The van der Waals surface area contributed by atoms with E-state index in [1.807, 2.05) is 48.0 Å². The monoisotopic (exact) mass is 420 g/mol. The van der Waals surface area contributed by atoms with Gasteiger partial charge in [-0.05, 0) is 47.3 Å². The fourth-order valence-electron chi connectivity index (χ4n) is 2.34. The van der Waals surface area contributed by atoms with Crippen molar-refractivity contribution in [3.05, 3.63) is 40.5 Å². The number of nitriles is 1. The zero-order valence-electron chi connectivity index (χ0n) is 14.5. The predicted octanol–water partition coefficient (Wildman–Crippen LogP) is 4.09. The molecular formula is C18H21BrN4OS. The molecule has 0 bridgehead atoms. The van der Waals surface area contributed by atoms with E-state index in [0.29, 0.717) is 12.3 Å². The molecule has 0 spiro atoms. The number of amides is 1. The number of hydrogen-bond donors (Lipinski definition) is 1. The molecule has 1 amide bonds. The molecule has 5 nitrogen and oxygen atoms in total. The van der Waals surface area contributed by atoms with Crippen molar-refractivity contribution in [2.45, 2.75) is 37.5 Å². The molecular weight excluding hydrogens is 400 g/mol. The summed E-state index contributed by atoms with van der Waals surface area (Å²) in [5.74, 6) is 0.240. The number of thioether (sulfide) groups is 1. The molecule has 7 heteroatoms. The molecule has 132 valence electrons. The van der Waals surface area contributed by atoms with Gasteiger partial charge < -0.3 is 5.32 Å². The van der Waals surface area contributed by atoms with Crippen LogP contribution in [0.4, 0.5) is 0 Å². The van der Waals surface area contributed by atoms with Crippen molar-refractivity contribution in [2.24, 2.45) is 5.92 Å². The van der Waals surface area contributed by atoms with Crippen LogP contribution in [-0.2, 0) is 4.79 Å². The van der Waals surface area contributed by atoms with Crippen LogP contribution in [0.5, 0.6) is 0 Å². The number of nitrogens with zero attached hydrogens (tertiary/aromatic N) is 3. The van der Waals surface area contributed by atoms with Crippen molar-refractivity contribution in [1.29, 1.82) is 5.26 Å². The first-order chi connectivity index (χ1) is 11.9. The van der Waals surface area contributed by atoms with E-state index in [1.54, 1.807) is 0 Å². The molecule has 1 unspecified atom stereocenters. The maximum atomic E-state index is 12.5. The summed E-state index contributed by atoms with van der Waals surface area (Å²) in [5, 5.41) is 16.6. The number of aromatic nitrogens is 2. The van der Waals surface area contributed by atoms with Crippen molar-refractivity contribution < 1.29 is 4.79 Å². The lowest BCUT2D eigenvalue weighted by Gasteiger charge is -2.18. The van der Waals surface area contributed by atoms with Crippen molar-refractivity contribution in [2.75, 3.05) is 6.54 Å². The van der Waals surface area contributed by atoms with Crippen molar-refractivity contribution in [3.63, 3.8) is 0 Å². The van der Waals surface area contributed by atoms with Gasteiger partial charge in [-0.2, -0.15) is 10.4 Å². The highest BCUT2D eigenvalue weighted by molar-refractivity contribution is 9.10. The molecule has 1 N–H and O–H groups in total. The first-order valence-corrected chi connectivity index (χ1v) is 9.73. The number of hydrogen-bond acceptors (Lipinski definition) is 4. The lowest BCUT2D eigenvalue weighted by molar-refractivity contribution is -0.120. The molecule has 0 saturated carbocycles. The highest BCUT2D eigenvalue weighted by Gasteiger charge is 2.25. The van der Waals surface area contributed by atoms with Gasteiger partial charge in [0.25, 0.3) is 0 Å². The number of benzene rings is 1. The van der Waals surface area contributed by atoms with Crippen molar-refractivity contribution >= 4 is 33.6 Å². The van der Waals surface area contributed by atoms with Gasteiger partial charge in [0.2, 0.25) is 5.91 Å².